The molecule has 0 spiro atoms. The number of rotatable bonds is 6. The van der Waals surface area contributed by atoms with Crippen LogP contribution in [0.5, 0.6) is 0 Å². The van der Waals surface area contributed by atoms with Crippen LogP contribution in [0.1, 0.15) is 11.1 Å². The smallest absolute Gasteiger partial charge is 0.177 e. The van der Waals surface area contributed by atoms with Gasteiger partial charge in [0.05, 0.1) is 13.1 Å². The summed E-state index contributed by atoms with van der Waals surface area (Å²) in [6.45, 7) is 0.912. The molecule has 11 heteroatoms. The molecule has 2 aromatic heterocycles. The van der Waals surface area contributed by atoms with Crippen molar-refractivity contribution in [2.24, 2.45) is 0 Å². The second kappa shape index (κ2) is 10.1. The van der Waals surface area contributed by atoms with Crippen LogP contribution in [-0.2, 0) is 13.1 Å². The fourth-order valence-electron chi connectivity index (χ4n) is 2.98. The summed E-state index contributed by atoms with van der Waals surface area (Å²) in [5.41, 5.74) is 1.73. The van der Waals surface area contributed by atoms with E-state index in [0.29, 0.717) is 49.9 Å². The van der Waals surface area contributed by atoms with E-state index < -0.39 is 0 Å². The fraction of sp³-hybridized carbons (Fsp3) is 0.0952. The van der Waals surface area contributed by atoms with Gasteiger partial charge in [-0.25, -0.2) is 0 Å². The normalized spacial score (nSPS) is 10.9. The van der Waals surface area contributed by atoms with Gasteiger partial charge in [0.2, 0.25) is 0 Å². The van der Waals surface area contributed by atoms with Gasteiger partial charge in [-0.05, 0) is 36.0 Å². The molecule has 2 N–H and O–H groups in total. The van der Waals surface area contributed by atoms with E-state index in [0.717, 1.165) is 11.1 Å². The molecule has 0 saturated carbocycles. The van der Waals surface area contributed by atoms with Crippen molar-refractivity contribution in [3.05, 3.63) is 92.1 Å². The van der Waals surface area contributed by atoms with Gasteiger partial charge in [-0.3, -0.25) is 9.36 Å². The van der Waals surface area contributed by atoms with Crippen LogP contribution in [0.2, 0.25) is 20.1 Å². The molecule has 4 rings (SSSR count). The van der Waals surface area contributed by atoms with E-state index in [1.54, 1.807) is 46.0 Å². The molecule has 2 heterocycles. The predicted octanol–water partition coefficient (Wildman–Crippen LogP) is 6.60. The fourth-order valence-corrected chi connectivity index (χ4v) is 4.09. The van der Waals surface area contributed by atoms with Crippen molar-refractivity contribution >= 4 is 75.4 Å². The molecule has 0 aliphatic rings. The van der Waals surface area contributed by atoms with Crippen LogP contribution in [0.3, 0.4) is 0 Å². The average Bonchev–Trinajstić information content (AvgIpc) is 3.32. The molecule has 2 aromatic carbocycles. The number of hydrogen-bond acceptors (Lipinski definition) is 3. The highest BCUT2D eigenvalue weighted by Crippen LogP contribution is 2.25. The minimum absolute atomic E-state index is 0.302. The Morgan fingerprint density at radius 2 is 1.50 bits per heavy atom. The molecule has 0 saturated heterocycles. The molecule has 0 unspecified atom stereocenters. The largest absolute Gasteiger partial charge is 0.316 e. The van der Waals surface area contributed by atoms with E-state index in [1.165, 1.54) is 0 Å². The molecule has 0 amide bonds. The first-order valence-electron chi connectivity index (χ1n) is 9.40. The van der Waals surface area contributed by atoms with Gasteiger partial charge in [0.1, 0.15) is 5.02 Å². The third-order valence-electron chi connectivity index (χ3n) is 4.50. The van der Waals surface area contributed by atoms with Gasteiger partial charge in [0.25, 0.3) is 0 Å². The van der Waals surface area contributed by atoms with Gasteiger partial charge in [-0.2, -0.15) is 10.2 Å². The van der Waals surface area contributed by atoms with Gasteiger partial charge in [0.15, 0.2) is 16.7 Å². The molecular formula is C21H16Cl4N6S. The molecule has 6 nitrogen and oxygen atoms in total. The maximum Gasteiger partial charge on any atom is 0.177 e. The van der Waals surface area contributed by atoms with Crippen molar-refractivity contribution < 1.29 is 0 Å². The average molecular weight is 526 g/mol. The molecule has 0 bridgehead atoms. The lowest BCUT2D eigenvalue weighted by molar-refractivity contribution is 0.689. The highest BCUT2D eigenvalue weighted by molar-refractivity contribution is 7.80. The van der Waals surface area contributed by atoms with Gasteiger partial charge in [-0.15, -0.1) is 0 Å². The SMILES string of the molecule is S=C(Nc1ccn(Cc2c(Cl)cccc2Cl)n1)Nc1nn(Cc2ccccc2Cl)cc1Cl. The van der Waals surface area contributed by atoms with Crippen molar-refractivity contribution in [3.8, 4) is 0 Å². The standard InChI is InChI=1S/C21H16Cl4N6S/c22-15-5-2-1-4-13(15)10-31-12-18(25)20(29-31)27-21(32)26-19-8-9-30(28-19)11-14-16(23)6-3-7-17(14)24/h1-9,12H,10-11H2,(H2,26,27,28,29,32). The molecule has 0 radical (unpaired) electrons. The number of benzene rings is 2. The molecule has 0 aliphatic heterocycles. The highest BCUT2D eigenvalue weighted by atomic mass is 35.5. The maximum absolute atomic E-state index is 6.31. The van der Waals surface area contributed by atoms with Gasteiger partial charge >= 0.3 is 0 Å². The summed E-state index contributed by atoms with van der Waals surface area (Å²) in [7, 11) is 0. The first-order chi connectivity index (χ1) is 15.4. The van der Waals surface area contributed by atoms with E-state index in [9.17, 15) is 0 Å². The minimum Gasteiger partial charge on any atom is -0.316 e. The third kappa shape index (κ3) is 5.54. The summed E-state index contributed by atoms with van der Waals surface area (Å²) in [5.74, 6) is 0.982. The van der Waals surface area contributed by atoms with Gasteiger partial charge in [0, 0.05) is 39.1 Å². The Morgan fingerprint density at radius 3 is 2.25 bits per heavy atom. The number of aromatic nitrogens is 4. The molecule has 0 aliphatic carbocycles. The van der Waals surface area contributed by atoms with Crippen molar-refractivity contribution in [2.45, 2.75) is 13.1 Å². The number of anilines is 2. The van der Waals surface area contributed by atoms with Crippen LogP contribution in [0, 0.1) is 0 Å². The van der Waals surface area contributed by atoms with Gasteiger partial charge in [-0.1, -0.05) is 70.7 Å². The Labute approximate surface area is 210 Å². The lowest BCUT2D eigenvalue weighted by atomic mass is 10.2. The number of thiocarbonyl (C=S) groups is 1. The van der Waals surface area contributed by atoms with Crippen LogP contribution < -0.4 is 10.6 Å². The summed E-state index contributed by atoms with van der Waals surface area (Å²) in [5, 5.41) is 17.5. The zero-order chi connectivity index (χ0) is 22.7. The van der Waals surface area contributed by atoms with E-state index in [1.807, 2.05) is 24.3 Å². The Balaban J connectivity index is 1.38. The summed E-state index contributed by atoms with van der Waals surface area (Å²) in [4.78, 5) is 0. The molecular weight excluding hydrogens is 510 g/mol. The van der Waals surface area contributed by atoms with Crippen molar-refractivity contribution in [3.63, 3.8) is 0 Å². The Hall–Kier alpha value is -2.29. The van der Waals surface area contributed by atoms with E-state index in [2.05, 4.69) is 20.8 Å². The van der Waals surface area contributed by atoms with E-state index in [-0.39, 0.29) is 0 Å². The second-order valence-corrected chi connectivity index (χ2v) is 8.83. The van der Waals surface area contributed by atoms with Crippen LogP contribution in [0.25, 0.3) is 0 Å². The minimum atomic E-state index is 0.302. The predicted molar refractivity (Wildman–Crippen MR) is 135 cm³/mol. The first-order valence-corrected chi connectivity index (χ1v) is 11.3. The first kappa shape index (κ1) is 22.9. The lowest BCUT2D eigenvalue weighted by Crippen LogP contribution is -2.20. The Bertz CT molecular complexity index is 1250. The zero-order valence-electron chi connectivity index (χ0n) is 16.4. The van der Waals surface area contributed by atoms with Crippen molar-refractivity contribution in [1.29, 1.82) is 0 Å². The summed E-state index contributed by atoms with van der Waals surface area (Å²) >= 11 is 30.4. The Kier molecular flexibility index (Phi) is 7.23. The van der Waals surface area contributed by atoms with Crippen LogP contribution >= 0.6 is 58.6 Å². The number of nitrogens with one attached hydrogen (secondary N) is 2. The zero-order valence-corrected chi connectivity index (χ0v) is 20.2. The van der Waals surface area contributed by atoms with E-state index >= 15 is 0 Å². The quantitative estimate of drug-likeness (QED) is 0.278. The van der Waals surface area contributed by atoms with Gasteiger partial charge < -0.3 is 10.6 Å². The molecule has 0 atom stereocenters. The summed E-state index contributed by atoms with van der Waals surface area (Å²) in [6.07, 6.45) is 3.51. The summed E-state index contributed by atoms with van der Waals surface area (Å²) < 4.78 is 3.40. The van der Waals surface area contributed by atoms with Crippen LogP contribution in [0.15, 0.2) is 60.9 Å². The second-order valence-electron chi connectivity index (χ2n) is 6.79. The number of halogens is 4. The third-order valence-corrected chi connectivity index (χ3v) is 6.06. The lowest BCUT2D eigenvalue weighted by Gasteiger charge is -2.08. The highest BCUT2D eigenvalue weighted by Gasteiger charge is 2.12. The molecule has 32 heavy (non-hydrogen) atoms. The summed E-state index contributed by atoms with van der Waals surface area (Å²) in [6, 6.07) is 14.7. The van der Waals surface area contributed by atoms with Crippen LogP contribution in [0.4, 0.5) is 11.6 Å². The molecule has 4 aromatic rings. The topological polar surface area (TPSA) is 59.7 Å². The van der Waals surface area contributed by atoms with Crippen molar-refractivity contribution in [2.75, 3.05) is 10.6 Å². The van der Waals surface area contributed by atoms with Crippen LogP contribution in [-0.4, -0.2) is 24.7 Å². The monoisotopic (exact) mass is 524 g/mol. The molecule has 0 fully saturated rings. The molecule has 164 valence electrons. The van der Waals surface area contributed by atoms with E-state index in [4.69, 9.17) is 58.6 Å². The van der Waals surface area contributed by atoms with Crippen molar-refractivity contribution in [1.82, 2.24) is 19.6 Å². The maximum atomic E-state index is 6.31. The number of hydrogen-bond donors (Lipinski definition) is 2. The number of nitrogens with zero attached hydrogens (tertiary/aromatic N) is 4. The Morgan fingerprint density at radius 1 is 0.781 bits per heavy atom.